The lowest BCUT2D eigenvalue weighted by Gasteiger charge is -2.02. The molecule has 0 unspecified atom stereocenters. The van der Waals surface area contributed by atoms with Crippen LogP contribution >= 0.6 is 11.3 Å². The molecule has 0 atom stereocenters. The Bertz CT molecular complexity index is 600. The summed E-state index contributed by atoms with van der Waals surface area (Å²) in [4.78, 5) is 4.73. The minimum absolute atomic E-state index is 0.000720. The SMILES string of the molecule is Cc1cnc(NS(=O)(=O)c2cn[nH]c2N)s1. The summed E-state index contributed by atoms with van der Waals surface area (Å²) in [6.45, 7) is 1.83. The quantitative estimate of drug-likeness (QED) is 0.745. The summed E-state index contributed by atoms with van der Waals surface area (Å²) in [5.41, 5.74) is 5.43. The molecule has 2 aromatic heterocycles. The molecule has 0 saturated carbocycles. The van der Waals surface area contributed by atoms with Crippen LogP contribution in [0.25, 0.3) is 0 Å². The Morgan fingerprint density at radius 1 is 1.50 bits per heavy atom. The van der Waals surface area contributed by atoms with Gasteiger partial charge in [-0.2, -0.15) is 5.10 Å². The van der Waals surface area contributed by atoms with Crippen LogP contribution in [0.3, 0.4) is 0 Å². The number of hydrogen-bond acceptors (Lipinski definition) is 6. The molecular formula is C7H9N5O2S2. The summed E-state index contributed by atoms with van der Waals surface area (Å²) in [5, 5.41) is 6.21. The number of aromatic nitrogens is 3. The van der Waals surface area contributed by atoms with Crippen molar-refractivity contribution in [3.63, 3.8) is 0 Å². The lowest BCUT2D eigenvalue weighted by molar-refractivity contribution is 0.601. The first-order valence-corrected chi connectivity index (χ1v) is 6.53. The summed E-state index contributed by atoms with van der Waals surface area (Å²) in [7, 11) is -3.71. The number of nitrogens with two attached hydrogens (primary N) is 1. The van der Waals surface area contributed by atoms with Gasteiger partial charge in [-0.25, -0.2) is 13.4 Å². The van der Waals surface area contributed by atoms with E-state index in [9.17, 15) is 8.42 Å². The van der Waals surface area contributed by atoms with Gasteiger partial charge in [-0.3, -0.25) is 9.82 Å². The number of thiazole rings is 1. The Hall–Kier alpha value is -1.61. The van der Waals surface area contributed by atoms with Gasteiger partial charge in [0.2, 0.25) is 0 Å². The molecule has 0 fully saturated rings. The molecule has 0 aliphatic carbocycles. The number of nitrogens with zero attached hydrogens (tertiary/aromatic N) is 2. The van der Waals surface area contributed by atoms with Crippen molar-refractivity contribution in [3.05, 3.63) is 17.3 Å². The molecule has 4 N–H and O–H groups in total. The van der Waals surface area contributed by atoms with E-state index >= 15 is 0 Å². The van der Waals surface area contributed by atoms with E-state index in [0.29, 0.717) is 5.13 Å². The molecular weight excluding hydrogens is 250 g/mol. The van der Waals surface area contributed by atoms with Crippen molar-refractivity contribution in [2.75, 3.05) is 10.5 Å². The van der Waals surface area contributed by atoms with E-state index < -0.39 is 10.0 Å². The van der Waals surface area contributed by atoms with Gasteiger partial charge in [-0.1, -0.05) is 0 Å². The average molecular weight is 259 g/mol. The predicted octanol–water partition coefficient (Wildman–Crippen LogP) is 0.558. The van der Waals surface area contributed by atoms with Gasteiger partial charge in [0.15, 0.2) is 5.13 Å². The van der Waals surface area contributed by atoms with E-state index in [1.807, 2.05) is 6.92 Å². The molecule has 0 radical (unpaired) electrons. The highest BCUT2D eigenvalue weighted by atomic mass is 32.2. The van der Waals surface area contributed by atoms with Crippen LogP contribution in [0, 0.1) is 6.92 Å². The lowest BCUT2D eigenvalue weighted by atomic mass is 10.7. The Kier molecular flexibility index (Phi) is 2.56. The highest BCUT2D eigenvalue weighted by Crippen LogP contribution is 2.22. The first kappa shape index (κ1) is 10.9. The molecule has 2 heterocycles. The topological polar surface area (TPSA) is 114 Å². The molecule has 0 amide bonds. The van der Waals surface area contributed by atoms with Crippen LogP contribution in [0.5, 0.6) is 0 Å². The van der Waals surface area contributed by atoms with Crippen LogP contribution in [0.15, 0.2) is 17.3 Å². The van der Waals surface area contributed by atoms with Crippen molar-refractivity contribution in [1.29, 1.82) is 0 Å². The molecule has 7 nitrogen and oxygen atoms in total. The molecule has 0 aromatic carbocycles. The smallest absolute Gasteiger partial charge is 0.268 e. The maximum atomic E-state index is 11.8. The van der Waals surface area contributed by atoms with Crippen LogP contribution in [0.1, 0.15) is 4.88 Å². The van der Waals surface area contributed by atoms with E-state index in [0.717, 1.165) is 11.1 Å². The van der Waals surface area contributed by atoms with Gasteiger partial charge in [0.05, 0.1) is 6.20 Å². The highest BCUT2D eigenvalue weighted by molar-refractivity contribution is 7.93. The fourth-order valence-electron chi connectivity index (χ4n) is 1.07. The van der Waals surface area contributed by atoms with Gasteiger partial charge in [0.25, 0.3) is 10.0 Å². The zero-order valence-electron chi connectivity index (χ0n) is 8.26. The van der Waals surface area contributed by atoms with Gasteiger partial charge in [-0.05, 0) is 6.92 Å². The van der Waals surface area contributed by atoms with Crippen molar-refractivity contribution in [1.82, 2.24) is 15.2 Å². The molecule has 0 bridgehead atoms. The van der Waals surface area contributed by atoms with Crippen molar-refractivity contribution in [2.24, 2.45) is 0 Å². The minimum atomic E-state index is -3.71. The monoisotopic (exact) mass is 259 g/mol. The second-order valence-corrected chi connectivity index (χ2v) is 5.92. The number of nitrogens with one attached hydrogen (secondary N) is 2. The van der Waals surface area contributed by atoms with E-state index in [4.69, 9.17) is 5.73 Å². The third-order valence-electron chi connectivity index (χ3n) is 1.76. The van der Waals surface area contributed by atoms with Crippen molar-refractivity contribution >= 4 is 32.3 Å². The van der Waals surface area contributed by atoms with Crippen LogP contribution in [-0.2, 0) is 10.0 Å². The van der Waals surface area contributed by atoms with Gasteiger partial charge in [-0.15, -0.1) is 11.3 Å². The van der Waals surface area contributed by atoms with Crippen LogP contribution in [0.4, 0.5) is 10.9 Å². The largest absolute Gasteiger partial charge is 0.383 e. The third-order valence-corrected chi connectivity index (χ3v) is 4.09. The van der Waals surface area contributed by atoms with Crippen LogP contribution < -0.4 is 10.5 Å². The fraction of sp³-hybridized carbons (Fsp3) is 0.143. The maximum Gasteiger partial charge on any atom is 0.268 e. The predicted molar refractivity (Wildman–Crippen MR) is 60.7 cm³/mol. The zero-order valence-corrected chi connectivity index (χ0v) is 9.89. The molecule has 0 spiro atoms. The number of aromatic amines is 1. The summed E-state index contributed by atoms with van der Waals surface area (Å²) in [5.74, 6) is 0.000720. The second kappa shape index (κ2) is 3.76. The van der Waals surface area contributed by atoms with Gasteiger partial charge in [0, 0.05) is 11.1 Å². The molecule has 2 aromatic rings. The number of anilines is 2. The van der Waals surface area contributed by atoms with E-state index in [1.165, 1.54) is 11.3 Å². The summed E-state index contributed by atoms with van der Waals surface area (Å²) >= 11 is 1.24. The normalized spacial score (nSPS) is 11.6. The minimum Gasteiger partial charge on any atom is -0.383 e. The summed E-state index contributed by atoms with van der Waals surface area (Å²) in [6.07, 6.45) is 2.74. The van der Waals surface area contributed by atoms with Crippen LogP contribution in [-0.4, -0.2) is 23.6 Å². The van der Waals surface area contributed by atoms with Crippen molar-refractivity contribution < 1.29 is 8.42 Å². The molecule has 9 heteroatoms. The van der Waals surface area contributed by atoms with Crippen molar-refractivity contribution in [3.8, 4) is 0 Å². The zero-order chi connectivity index (χ0) is 11.8. The van der Waals surface area contributed by atoms with Crippen molar-refractivity contribution in [2.45, 2.75) is 11.8 Å². The molecule has 0 aliphatic rings. The number of aryl methyl sites for hydroxylation is 1. The Balaban J connectivity index is 2.31. The summed E-state index contributed by atoms with van der Waals surface area (Å²) in [6, 6.07) is 0. The molecule has 0 aliphatic heterocycles. The van der Waals surface area contributed by atoms with Crippen LogP contribution in [0.2, 0.25) is 0 Å². The van der Waals surface area contributed by atoms with E-state index in [-0.39, 0.29) is 10.7 Å². The number of H-pyrrole nitrogens is 1. The van der Waals surface area contributed by atoms with Gasteiger partial charge in [0.1, 0.15) is 10.7 Å². The number of nitrogen functional groups attached to an aromatic ring is 1. The van der Waals surface area contributed by atoms with Gasteiger partial charge < -0.3 is 5.73 Å². The van der Waals surface area contributed by atoms with E-state index in [1.54, 1.807) is 6.20 Å². The standard InChI is InChI=1S/C7H9N5O2S2/c1-4-2-9-7(15-4)12-16(13,14)5-3-10-11-6(5)8/h2-3H,1H3,(H,9,12)(H3,8,10,11). The first-order chi connectivity index (χ1) is 7.49. The Morgan fingerprint density at radius 3 is 2.75 bits per heavy atom. The number of hydrogen-bond donors (Lipinski definition) is 3. The average Bonchev–Trinajstić information content (AvgIpc) is 2.74. The van der Waals surface area contributed by atoms with E-state index in [2.05, 4.69) is 19.9 Å². The molecule has 86 valence electrons. The lowest BCUT2D eigenvalue weighted by Crippen LogP contribution is -2.13. The number of sulfonamides is 1. The third kappa shape index (κ3) is 1.99. The molecule has 2 rings (SSSR count). The maximum absolute atomic E-state index is 11.8. The fourth-order valence-corrected chi connectivity index (χ4v) is 3.00. The molecule has 0 saturated heterocycles. The second-order valence-electron chi connectivity index (χ2n) is 3.03. The molecule has 16 heavy (non-hydrogen) atoms. The Morgan fingerprint density at radius 2 is 2.25 bits per heavy atom. The highest BCUT2D eigenvalue weighted by Gasteiger charge is 2.20. The Labute approximate surface area is 95.8 Å². The summed E-state index contributed by atoms with van der Waals surface area (Å²) < 4.78 is 25.9. The van der Waals surface area contributed by atoms with Gasteiger partial charge >= 0.3 is 0 Å². The number of rotatable bonds is 3. The first-order valence-electron chi connectivity index (χ1n) is 4.23.